The summed E-state index contributed by atoms with van der Waals surface area (Å²) in [4.78, 5) is 11.6. The number of hydrazone groups is 1. The molecule has 0 radical (unpaired) electrons. The van der Waals surface area contributed by atoms with Gasteiger partial charge in [0.25, 0.3) is 0 Å². The first kappa shape index (κ1) is 15.7. The summed E-state index contributed by atoms with van der Waals surface area (Å²) in [5.41, 5.74) is 2.83. The maximum atomic E-state index is 12.4. The van der Waals surface area contributed by atoms with E-state index < -0.39 is 20.7 Å². The highest BCUT2D eigenvalue weighted by atomic mass is 32.2. The lowest BCUT2D eigenvalue weighted by molar-refractivity contribution is -0.110. The molecule has 0 aliphatic rings. The van der Waals surface area contributed by atoms with E-state index in [0.717, 1.165) is 6.92 Å². The lowest BCUT2D eigenvalue weighted by atomic mass is 10.3. The fraction of sp³-hybridized carbons (Fsp3) is 0.0667. The normalized spacial score (nSPS) is 12.0. The SMILES string of the molecule is CC(=O)/C(=N\Nc1cccc(O)c1)S(=O)(=O)c1ccccc1. The van der Waals surface area contributed by atoms with Crippen LogP contribution in [0.15, 0.2) is 64.6 Å². The van der Waals surface area contributed by atoms with E-state index in [1.54, 1.807) is 30.3 Å². The van der Waals surface area contributed by atoms with Crippen molar-refractivity contribution in [2.24, 2.45) is 5.10 Å². The number of phenols is 1. The van der Waals surface area contributed by atoms with E-state index in [1.165, 1.54) is 24.3 Å². The molecule has 0 spiro atoms. The lowest BCUT2D eigenvalue weighted by Gasteiger charge is -2.06. The monoisotopic (exact) mass is 318 g/mol. The molecule has 6 nitrogen and oxygen atoms in total. The summed E-state index contributed by atoms with van der Waals surface area (Å²) in [6.07, 6.45) is 0. The number of hydrogen-bond acceptors (Lipinski definition) is 6. The average Bonchev–Trinajstić information content (AvgIpc) is 2.48. The van der Waals surface area contributed by atoms with Crippen molar-refractivity contribution in [1.29, 1.82) is 0 Å². The van der Waals surface area contributed by atoms with Crippen LogP contribution in [0.1, 0.15) is 6.92 Å². The van der Waals surface area contributed by atoms with Gasteiger partial charge in [-0.2, -0.15) is 5.10 Å². The van der Waals surface area contributed by atoms with E-state index in [2.05, 4.69) is 10.5 Å². The van der Waals surface area contributed by atoms with Crippen molar-refractivity contribution in [2.45, 2.75) is 11.8 Å². The molecule has 0 aliphatic carbocycles. The molecule has 0 unspecified atom stereocenters. The molecular formula is C15H14N2O4S. The number of carbonyl (C=O) groups excluding carboxylic acids is 1. The van der Waals surface area contributed by atoms with Gasteiger partial charge in [-0.1, -0.05) is 24.3 Å². The molecule has 2 aromatic carbocycles. The van der Waals surface area contributed by atoms with Crippen LogP contribution < -0.4 is 5.43 Å². The van der Waals surface area contributed by atoms with Crippen LogP contribution >= 0.6 is 0 Å². The minimum absolute atomic E-state index is 0.00417. The summed E-state index contributed by atoms with van der Waals surface area (Å²) < 4.78 is 24.8. The standard InChI is InChI=1S/C15H14N2O4S/c1-11(18)15(17-16-12-6-5-7-13(19)10-12)22(20,21)14-8-3-2-4-9-14/h2-10,16,19H,1H3/b17-15+. The van der Waals surface area contributed by atoms with Crippen molar-refractivity contribution < 1.29 is 18.3 Å². The van der Waals surface area contributed by atoms with Crippen LogP contribution in [0.4, 0.5) is 5.69 Å². The number of nitrogens with one attached hydrogen (secondary N) is 1. The van der Waals surface area contributed by atoms with Gasteiger partial charge < -0.3 is 5.11 Å². The van der Waals surface area contributed by atoms with Gasteiger partial charge >= 0.3 is 0 Å². The fourth-order valence-corrected chi connectivity index (χ4v) is 3.01. The Labute approximate surface area is 128 Å². The Morgan fingerprint density at radius 1 is 1.09 bits per heavy atom. The highest BCUT2D eigenvalue weighted by molar-refractivity contribution is 8.08. The second kappa shape index (κ2) is 6.40. The topological polar surface area (TPSA) is 95.8 Å². The molecule has 0 aliphatic heterocycles. The molecule has 0 aromatic heterocycles. The molecule has 2 aromatic rings. The molecule has 0 amide bonds. The van der Waals surface area contributed by atoms with Crippen molar-refractivity contribution in [2.75, 3.05) is 5.43 Å². The quantitative estimate of drug-likeness (QED) is 0.512. The minimum Gasteiger partial charge on any atom is -0.508 e. The van der Waals surface area contributed by atoms with E-state index in [9.17, 15) is 18.3 Å². The van der Waals surface area contributed by atoms with Gasteiger partial charge in [0.2, 0.25) is 14.9 Å². The number of phenolic OH excluding ortho intramolecular Hbond substituents is 1. The molecule has 22 heavy (non-hydrogen) atoms. The van der Waals surface area contributed by atoms with Crippen LogP contribution in [-0.4, -0.2) is 24.4 Å². The average molecular weight is 318 g/mol. The Balaban J connectivity index is 2.38. The zero-order valence-electron chi connectivity index (χ0n) is 11.7. The van der Waals surface area contributed by atoms with Gasteiger partial charge in [0.1, 0.15) is 5.75 Å². The van der Waals surface area contributed by atoms with Crippen LogP contribution in [0, 0.1) is 0 Å². The van der Waals surface area contributed by atoms with E-state index in [-0.39, 0.29) is 10.6 Å². The van der Waals surface area contributed by atoms with E-state index in [4.69, 9.17) is 0 Å². The molecular weight excluding hydrogens is 304 g/mol. The molecule has 0 saturated carbocycles. The summed E-state index contributed by atoms with van der Waals surface area (Å²) in [5, 5.41) is 12.5. The van der Waals surface area contributed by atoms with Crippen LogP contribution in [0.3, 0.4) is 0 Å². The van der Waals surface area contributed by atoms with E-state index in [0.29, 0.717) is 5.69 Å². The zero-order chi connectivity index (χ0) is 16.2. The first-order chi connectivity index (χ1) is 10.4. The number of rotatable bonds is 4. The summed E-state index contributed by atoms with van der Waals surface area (Å²) >= 11 is 0. The van der Waals surface area contributed by atoms with Crippen LogP contribution in [0.25, 0.3) is 0 Å². The number of carbonyl (C=O) groups is 1. The molecule has 0 atom stereocenters. The lowest BCUT2D eigenvalue weighted by Crippen LogP contribution is -2.23. The number of sulfone groups is 1. The van der Waals surface area contributed by atoms with Crippen molar-refractivity contribution in [1.82, 2.24) is 0 Å². The number of nitrogens with zero attached hydrogens (tertiary/aromatic N) is 1. The first-order valence-corrected chi connectivity index (χ1v) is 7.83. The highest BCUT2D eigenvalue weighted by Crippen LogP contribution is 2.17. The summed E-state index contributed by atoms with van der Waals surface area (Å²) in [7, 11) is -4.01. The molecule has 7 heteroatoms. The fourth-order valence-electron chi connectivity index (χ4n) is 1.73. The van der Waals surface area contributed by atoms with Crippen LogP contribution in [-0.2, 0) is 14.6 Å². The minimum atomic E-state index is -4.01. The maximum Gasteiger partial charge on any atom is 0.229 e. The van der Waals surface area contributed by atoms with Crippen molar-refractivity contribution in [3.63, 3.8) is 0 Å². The van der Waals surface area contributed by atoms with Crippen molar-refractivity contribution >= 4 is 26.4 Å². The van der Waals surface area contributed by atoms with Gasteiger partial charge in [-0.05, 0) is 24.3 Å². The molecule has 2 rings (SSSR count). The predicted octanol–water partition coefficient (Wildman–Crippen LogP) is 2.18. The predicted molar refractivity (Wildman–Crippen MR) is 83.5 cm³/mol. The van der Waals surface area contributed by atoms with Gasteiger partial charge in [0.05, 0.1) is 10.6 Å². The Bertz CT molecular complexity index is 814. The van der Waals surface area contributed by atoms with Gasteiger partial charge in [-0.15, -0.1) is 0 Å². The third-order valence-electron chi connectivity index (χ3n) is 2.74. The molecule has 0 fully saturated rings. The number of aromatic hydroxyl groups is 1. The number of ketones is 1. The van der Waals surface area contributed by atoms with Crippen LogP contribution in [0.2, 0.25) is 0 Å². The Morgan fingerprint density at radius 2 is 1.77 bits per heavy atom. The summed E-state index contributed by atoms with van der Waals surface area (Å²) in [5.74, 6) is -0.688. The second-order valence-electron chi connectivity index (χ2n) is 4.45. The number of anilines is 1. The number of benzene rings is 2. The number of Topliss-reactive ketones (excluding diaryl/α,β-unsaturated/α-hetero) is 1. The Kier molecular flexibility index (Phi) is 4.57. The van der Waals surface area contributed by atoms with E-state index >= 15 is 0 Å². The van der Waals surface area contributed by atoms with Gasteiger partial charge in [-0.3, -0.25) is 10.2 Å². The summed E-state index contributed by atoms with van der Waals surface area (Å²) in [6.45, 7) is 1.13. The molecule has 2 N–H and O–H groups in total. The summed E-state index contributed by atoms with van der Waals surface area (Å²) in [6, 6.07) is 13.5. The van der Waals surface area contributed by atoms with Crippen molar-refractivity contribution in [3.05, 3.63) is 54.6 Å². The van der Waals surface area contributed by atoms with Gasteiger partial charge in [0.15, 0.2) is 5.78 Å². The largest absolute Gasteiger partial charge is 0.508 e. The molecule has 0 saturated heterocycles. The smallest absolute Gasteiger partial charge is 0.229 e. The maximum absolute atomic E-state index is 12.4. The van der Waals surface area contributed by atoms with Gasteiger partial charge in [0, 0.05) is 13.0 Å². The zero-order valence-corrected chi connectivity index (χ0v) is 12.5. The number of hydrogen-bond donors (Lipinski definition) is 2. The molecule has 114 valence electrons. The molecule has 0 heterocycles. The Morgan fingerprint density at radius 3 is 2.36 bits per heavy atom. The second-order valence-corrected chi connectivity index (χ2v) is 6.32. The van der Waals surface area contributed by atoms with Crippen molar-refractivity contribution in [3.8, 4) is 5.75 Å². The third-order valence-corrected chi connectivity index (χ3v) is 4.52. The molecule has 0 bridgehead atoms. The highest BCUT2D eigenvalue weighted by Gasteiger charge is 2.26. The first-order valence-electron chi connectivity index (χ1n) is 6.35. The van der Waals surface area contributed by atoms with Gasteiger partial charge in [-0.25, -0.2) is 8.42 Å². The van der Waals surface area contributed by atoms with E-state index in [1.807, 2.05) is 0 Å². The van der Waals surface area contributed by atoms with Crippen LogP contribution in [0.5, 0.6) is 5.75 Å². The Hall–Kier alpha value is -2.67. The third kappa shape index (κ3) is 3.50.